The monoisotopic (exact) mass is 258 g/mol. The van der Waals surface area contributed by atoms with Gasteiger partial charge in [-0.15, -0.1) is 0 Å². The fourth-order valence-corrected chi connectivity index (χ4v) is 1.81. The van der Waals surface area contributed by atoms with E-state index in [4.69, 9.17) is 9.84 Å². The Hall–Kier alpha value is -1.30. The van der Waals surface area contributed by atoms with Gasteiger partial charge in [0.25, 0.3) is 0 Å². The summed E-state index contributed by atoms with van der Waals surface area (Å²) in [7, 11) is 0. The summed E-state index contributed by atoms with van der Waals surface area (Å²) < 4.78 is 5.22. The van der Waals surface area contributed by atoms with Gasteiger partial charge in [0, 0.05) is 31.0 Å². The van der Waals surface area contributed by atoms with E-state index >= 15 is 0 Å². The molecule has 1 saturated heterocycles. The lowest BCUT2D eigenvalue weighted by Gasteiger charge is -2.26. The highest BCUT2D eigenvalue weighted by Crippen LogP contribution is 2.12. The summed E-state index contributed by atoms with van der Waals surface area (Å²) >= 11 is 0. The van der Waals surface area contributed by atoms with Crippen molar-refractivity contribution in [2.24, 2.45) is 5.92 Å². The molecule has 1 fully saturated rings. The van der Waals surface area contributed by atoms with Crippen LogP contribution in [-0.2, 0) is 9.53 Å². The summed E-state index contributed by atoms with van der Waals surface area (Å²) in [5.74, 6) is -0.466. The van der Waals surface area contributed by atoms with Gasteiger partial charge in [0.05, 0.1) is 6.61 Å². The number of ether oxygens (including phenoxy) is 1. The van der Waals surface area contributed by atoms with Crippen molar-refractivity contribution in [2.75, 3.05) is 19.8 Å². The first-order valence-corrected chi connectivity index (χ1v) is 6.24. The van der Waals surface area contributed by atoms with E-state index in [9.17, 15) is 9.59 Å². The van der Waals surface area contributed by atoms with E-state index in [0.29, 0.717) is 25.5 Å². The van der Waals surface area contributed by atoms with Gasteiger partial charge in [-0.3, -0.25) is 4.79 Å². The third kappa shape index (κ3) is 5.86. The number of carboxylic acid groups (broad SMARTS) is 1. The highest BCUT2D eigenvalue weighted by molar-refractivity contribution is 5.74. The molecule has 0 aromatic carbocycles. The molecule has 0 aromatic rings. The molecule has 0 bridgehead atoms. The van der Waals surface area contributed by atoms with Crippen LogP contribution in [0.15, 0.2) is 0 Å². The van der Waals surface area contributed by atoms with Crippen LogP contribution in [0, 0.1) is 5.92 Å². The van der Waals surface area contributed by atoms with Crippen LogP contribution < -0.4 is 10.6 Å². The topological polar surface area (TPSA) is 87.7 Å². The van der Waals surface area contributed by atoms with Crippen LogP contribution in [0.2, 0.25) is 0 Å². The second-order valence-corrected chi connectivity index (χ2v) is 5.34. The van der Waals surface area contributed by atoms with Crippen molar-refractivity contribution in [3.8, 4) is 0 Å². The smallest absolute Gasteiger partial charge is 0.315 e. The van der Waals surface area contributed by atoms with Gasteiger partial charge in [-0.25, -0.2) is 4.79 Å². The molecule has 6 heteroatoms. The Morgan fingerprint density at radius 2 is 2.17 bits per heavy atom. The minimum atomic E-state index is -0.853. The van der Waals surface area contributed by atoms with Crippen molar-refractivity contribution in [1.82, 2.24) is 10.6 Å². The van der Waals surface area contributed by atoms with Crippen molar-refractivity contribution in [1.29, 1.82) is 0 Å². The van der Waals surface area contributed by atoms with Crippen LogP contribution >= 0.6 is 0 Å². The fraction of sp³-hybridized carbons (Fsp3) is 0.833. The Morgan fingerprint density at radius 3 is 2.72 bits per heavy atom. The van der Waals surface area contributed by atoms with E-state index in [1.165, 1.54) is 0 Å². The van der Waals surface area contributed by atoms with Gasteiger partial charge < -0.3 is 20.5 Å². The zero-order valence-corrected chi connectivity index (χ0v) is 11.0. The fourth-order valence-electron chi connectivity index (χ4n) is 1.81. The molecule has 0 saturated carbocycles. The molecule has 104 valence electrons. The second kappa shape index (κ2) is 6.58. The zero-order valence-electron chi connectivity index (χ0n) is 11.0. The van der Waals surface area contributed by atoms with Crippen molar-refractivity contribution in [3.05, 3.63) is 0 Å². The molecule has 1 aliphatic heterocycles. The van der Waals surface area contributed by atoms with Crippen molar-refractivity contribution in [3.63, 3.8) is 0 Å². The summed E-state index contributed by atoms with van der Waals surface area (Å²) in [5, 5.41) is 14.2. The zero-order chi connectivity index (χ0) is 13.6. The first-order valence-electron chi connectivity index (χ1n) is 6.24. The molecule has 3 N–H and O–H groups in total. The Balaban J connectivity index is 2.22. The van der Waals surface area contributed by atoms with Gasteiger partial charge in [0.2, 0.25) is 0 Å². The number of nitrogens with one attached hydrogen (secondary N) is 2. The maximum Gasteiger partial charge on any atom is 0.315 e. The highest BCUT2D eigenvalue weighted by Gasteiger charge is 2.22. The number of hydrogen-bond donors (Lipinski definition) is 3. The van der Waals surface area contributed by atoms with E-state index in [1.807, 2.05) is 13.8 Å². The predicted molar refractivity (Wildman–Crippen MR) is 66.4 cm³/mol. The number of carbonyl (C=O) groups is 2. The summed E-state index contributed by atoms with van der Waals surface area (Å²) in [6, 6.07) is -0.253. The summed E-state index contributed by atoms with van der Waals surface area (Å²) in [6.45, 7) is 5.68. The first kappa shape index (κ1) is 14.8. The highest BCUT2D eigenvalue weighted by atomic mass is 16.5. The Morgan fingerprint density at radius 1 is 1.44 bits per heavy atom. The lowest BCUT2D eigenvalue weighted by Crippen LogP contribution is -2.49. The maximum absolute atomic E-state index is 11.6. The Kier molecular flexibility index (Phi) is 5.40. The van der Waals surface area contributed by atoms with Gasteiger partial charge in [-0.2, -0.15) is 0 Å². The molecule has 0 radical (unpaired) electrons. The normalized spacial score (nSPS) is 19.6. The molecule has 1 unspecified atom stereocenters. The van der Waals surface area contributed by atoms with Crippen LogP contribution in [0.1, 0.15) is 33.1 Å². The van der Waals surface area contributed by atoms with Crippen LogP contribution in [0.4, 0.5) is 4.79 Å². The summed E-state index contributed by atoms with van der Waals surface area (Å²) in [4.78, 5) is 22.1. The predicted octanol–water partition coefficient (Wildman–Crippen LogP) is 0.965. The molecule has 0 spiro atoms. The van der Waals surface area contributed by atoms with Crippen LogP contribution in [0.25, 0.3) is 0 Å². The van der Waals surface area contributed by atoms with Crippen LogP contribution in [0.5, 0.6) is 0 Å². The van der Waals surface area contributed by atoms with Crippen molar-refractivity contribution >= 4 is 12.0 Å². The summed E-state index contributed by atoms with van der Waals surface area (Å²) in [5.41, 5.74) is -0.519. The minimum absolute atomic E-state index is 0.0454. The first-order chi connectivity index (χ1) is 8.39. The third-order valence-corrected chi connectivity index (χ3v) is 2.99. The molecule has 1 aliphatic rings. The lowest BCUT2D eigenvalue weighted by molar-refractivity contribution is -0.137. The molecule has 2 amide bonds. The Bertz CT molecular complexity index is 298. The van der Waals surface area contributed by atoms with Crippen molar-refractivity contribution in [2.45, 2.75) is 38.6 Å². The van der Waals surface area contributed by atoms with Crippen LogP contribution in [-0.4, -0.2) is 42.4 Å². The average molecular weight is 258 g/mol. The van der Waals surface area contributed by atoms with Gasteiger partial charge in [0.1, 0.15) is 0 Å². The molecular weight excluding hydrogens is 236 g/mol. The van der Waals surface area contributed by atoms with Gasteiger partial charge in [-0.05, 0) is 26.7 Å². The van der Waals surface area contributed by atoms with Gasteiger partial charge in [0.15, 0.2) is 0 Å². The third-order valence-electron chi connectivity index (χ3n) is 2.99. The van der Waals surface area contributed by atoms with E-state index in [-0.39, 0.29) is 12.5 Å². The number of rotatable bonds is 6. The SMILES string of the molecule is CC(C)(CCC(=O)O)NC(=O)NCC1CCOC1. The van der Waals surface area contributed by atoms with Gasteiger partial charge in [-0.1, -0.05) is 0 Å². The lowest BCUT2D eigenvalue weighted by atomic mass is 9.99. The van der Waals surface area contributed by atoms with E-state index in [2.05, 4.69) is 10.6 Å². The molecule has 1 atom stereocenters. The minimum Gasteiger partial charge on any atom is -0.481 e. The largest absolute Gasteiger partial charge is 0.481 e. The van der Waals surface area contributed by atoms with Crippen LogP contribution in [0.3, 0.4) is 0 Å². The molecule has 0 aliphatic carbocycles. The van der Waals surface area contributed by atoms with E-state index in [1.54, 1.807) is 0 Å². The summed E-state index contributed by atoms with van der Waals surface area (Å²) in [6.07, 6.45) is 1.43. The van der Waals surface area contributed by atoms with Crippen molar-refractivity contribution < 1.29 is 19.4 Å². The molecule has 18 heavy (non-hydrogen) atoms. The molecule has 0 aromatic heterocycles. The number of aliphatic carboxylic acids is 1. The van der Waals surface area contributed by atoms with E-state index < -0.39 is 11.5 Å². The maximum atomic E-state index is 11.6. The molecule has 6 nitrogen and oxygen atoms in total. The number of carboxylic acids is 1. The standard InChI is InChI=1S/C12H22N2O4/c1-12(2,5-3-10(15)16)14-11(17)13-7-9-4-6-18-8-9/h9H,3-8H2,1-2H3,(H,15,16)(H2,13,14,17). The number of hydrogen-bond acceptors (Lipinski definition) is 3. The molecule has 1 heterocycles. The Labute approximate surface area is 107 Å². The average Bonchev–Trinajstić information content (AvgIpc) is 2.76. The number of urea groups is 1. The van der Waals surface area contributed by atoms with E-state index in [0.717, 1.165) is 13.0 Å². The quantitative estimate of drug-likeness (QED) is 0.662. The second-order valence-electron chi connectivity index (χ2n) is 5.34. The molecule has 1 rings (SSSR count). The number of carbonyl (C=O) groups excluding carboxylic acids is 1. The van der Waals surface area contributed by atoms with Gasteiger partial charge >= 0.3 is 12.0 Å². The molecular formula is C12H22N2O4. The number of amides is 2.